The first-order chi connectivity index (χ1) is 9.21. The van der Waals surface area contributed by atoms with Gasteiger partial charge in [-0.1, -0.05) is 35.5 Å². The average molecular weight is 267 g/mol. The third kappa shape index (κ3) is 5.25. The Bertz CT molecular complexity index is 384. The molecule has 0 aliphatic heterocycles. The molecule has 19 heavy (non-hydrogen) atoms. The molecule has 6 nitrogen and oxygen atoms in total. The van der Waals surface area contributed by atoms with Gasteiger partial charge >= 0.3 is 0 Å². The number of aliphatic hydroxyl groups excluding tert-OH is 1. The Morgan fingerprint density at radius 1 is 1.42 bits per heavy atom. The van der Waals surface area contributed by atoms with Crippen molar-refractivity contribution < 1.29 is 15.1 Å². The van der Waals surface area contributed by atoms with E-state index in [0.29, 0.717) is 13.0 Å². The van der Waals surface area contributed by atoms with Crippen molar-refractivity contribution in [1.29, 1.82) is 0 Å². The van der Waals surface area contributed by atoms with Crippen molar-refractivity contribution >= 4 is 5.84 Å². The summed E-state index contributed by atoms with van der Waals surface area (Å²) in [6, 6.07) is 9.29. The van der Waals surface area contributed by atoms with Gasteiger partial charge in [-0.2, -0.15) is 0 Å². The van der Waals surface area contributed by atoms with Crippen LogP contribution in [-0.2, 0) is 4.74 Å². The van der Waals surface area contributed by atoms with Gasteiger partial charge < -0.3 is 26.1 Å². The van der Waals surface area contributed by atoms with E-state index in [1.807, 2.05) is 30.3 Å². The third-order valence-electron chi connectivity index (χ3n) is 2.77. The molecule has 2 atom stereocenters. The molecule has 0 heterocycles. The summed E-state index contributed by atoms with van der Waals surface area (Å²) in [4.78, 5) is 0. The maximum absolute atomic E-state index is 9.29. The molecule has 0 saturated carbocycles. The van der Waals surface area contributed by atoms with Gasteiger partial charge in [-0.15, -0.1) is 0 Å². The van der Waals surface area contributed by atoms with Crippen LogP contribution in [0.25, 0.3) is 0 Å². The molecule has 5 N–H and O–H groups in total. The molecule has 0 aromatic heterocycles. The van der Waals surface area contributed by atoms with Crippen LogP contribution in [0.2, 0.25) is 0 Å². The number of hydrogen-bond acceptors (Lipinski definition) is 5. The minimum Gasteiger partial charge on any atom is -0.409 e. The van der Waals surface area contributed by atoms with Gasteiger partial charge in [0.2, 0.25) is 0 Å². The van der Waals surface area contributed by atoms with Gasteiger partial charge in [0.05, 0.1) is 19.3 Å². The molecule has 0 bridgehead atoms. The van der Waals surface area contributed by atoms with Crippen molar-refractivity contribution in [3.8, 4) is 0 Å². The zero-order chi connectivity index (χ0) is 14.1. The van der Waals surface area contributed by atoms with E-state index in [4.69, 9.17) is 15.7 Å². The summed E-state index contributed by atoms with van der Waals surface area (Å²) in [5.41, 5.74) is 6.57. The summed E-state index contributed by atoms with van der Waals surface area (Å²) in [7, 11) is 1.57. The predicted molar refractivity (Wildman–Crippen MR) is 73.1 cm³/mol. The Balaban J connectivity index is 2.80. The topological polar surface area (TPSA) is 100 Å². The smallest absolute Gasteiger partial charge is 0.141 e. The molecular formula is C13H21N3O3. The van der Waals surface area contributed by atoms with Gasteiger partial charge in [0.25, 0.3) is 0 Å². The molecule has 1 rings (SSSR count). The van der Waals surface area contributed by atoms with E-state index in [1.54, 1.807) is 7.11 Å². The zero-order valence-electron chi connectivity index (χ0n) is 11.0. The molecule has 0 amide bonds. The van der Waals surface area contributed by atoms with Crippen molar-refractivity contribution in [3.05, 3.63) is 35.9 Å². The van der Waals surface area contributed by atoms with Gasteiger partial charge in [-0.25, -0.2) is 0 Å². The second-order valence-electron chi connectivity index (χ2n) is 4.26. The van der Waals surface area contributed by atoms with Crippen LogP contribution in [0.5, 0.6) is 0 Å². The fourth-order valence-electron chi connectivity index (χ4n) is 1.85. The second-order valence-corrected chi connectivity index (χ2v) is 4.26. The number of nitrogens with zero attached hydrogens (tertiary/aromatic N) is 1. The van der Waals surface area contributed by atoms with Gasteiger partial charge in [0.15, 0.2) is 0 Å². The number of hydrogen-bond donors (Lipinski definition) is 4. The number of ether oxygens (including phenoxy) is 1. The Hall–Kier alpha value is -1.63. The molecule has 6 heteroatoms. The van der Waals surface area contributed by atoms with E-state index in [1.165, 1.54) is 0 Å². The first-order valence-electron chi connectivity index (χ1n) is 6.08. The number of amidine groups is 1. The van der Waals surface area contributed by atoms with Crippen molar-refractivity contribution in [1.82, 2.24) is 5.32 Å². The van der Waals surface area contributed by atoms with Crippen molar-refractivity contribution in [2.75, 3.05) is 20.3 Å². The fraction of sp³-hybridized carbons (Fsp3) is 0.462. The van der Waals surface area contributed by atoms with E-state index < -0.39 is 0 Å². The number of aliphatic hydroxyl groups is 1. The van der Waals surface area contributed by atoms with Crippen LogP contribution in [0.1, 0.15) is 18.0 Å². The highest BCUT2D eigenvalue weighted by Crippen LogP contribution is 2.17. The molecule has 106 valence electrons. The van der Waals surface area contributed by atoms with Crippen LogP contribution in [0, 0.1) is 0 Å². The van der Waals surface area contributed by atoms with Crippen molar-refractivity contribution in [3.63, 3.8) is 0 Å². The number of methoxy groups -OCH3 is 1. The lowest BCUT2D eigenvalue weighted by Crippen LogP contribution is -2.40. The van der Waals surface area contributed by atoms with E-state index in [0.717, 1.165) is 5.56 Å². The van der Waals surface area contributed by atoms with Crippen molar-refractivity contribution in [2.24, 2.45) is 10.9 Å². The highest BCUT2D eigenvalue weighted by molar-refractivity contribution is 5.80. The molecule has 0 saturated heterocycles. The summed E-state index contributed by atoms with van der Waals surface area (Å²) in [6.07, 6.45) is 0.348. The van der Waals surface area contributed by atoms with Crippen LogP contribution < -0.4 is 11.1 Å². The second kappa shape index (κ2) is 8.47. The van der Waals surface area contributed by atoms with Crippen LogP contribution in [0.4, 0.5) is 0 Å². The SMILES string of the molecule is COCC(CO)NC(C/C(N)=N/O)c1ccccc1. The highest BCUT2D eigenvalue weighted by atomic mass is 16.5. The Kier molecular flexibility index (Phi) is 6.88. The molecule has 0 aliphatic rings. The van der Waals surface area contributed by atoms with Crippen LogP contribution in [-0.4, -0.2) is 42.5 Å². The lowest BCUT2D eigenvalue weighted by atomic mass is 10.0. The van der Waals surface area contributed by atoms with Crippen LogP contribution in [0.15, 0.2) is 35.5 Å². The number of rotatable bonds is 8. The molecular weight excluding hydrogens is 246 g/mol. The van der Waals surface area contributed by atoms with Crippen LogP contribution >= 0.6 is 0 Å². The first-order valence-corrected chi connectivity index (χ1v) is 6.08. The minimum atomic E-state index is -0.207. The molecule has 1 aromatic carbocycles. The Morgan fingerprint density at radius 2 is 2.11 bits per heavy atom. The minimum absolute atomic E-state index is 0.0483. The number of benzene rings is 1. The van der Waals surface area contributed by atoms with Gasteiger partial charge in [0, 0.05) is 19.6 Å². The predicted octanol–water partition coefficient (Wildman–Crippen LogP) is 0.461. The summed E-state index contributed by atoms with van der Waals surface area (Å²) < 4.78 is 5.03. The summed E-state index contributed by atoms with van der Waals surface area (Å²) in [5.74, 6) is 0.135. The van der Waals surface area contributed by atoms with E-state index in [2.05, 4.69) is 10.5 Å². The van der Waals surface area contributed by atoms with E-state index >= 15 is 0 Å². The van der Waals surface area contributed by atoms with Gasteiger partial charge in [-0.05, 0) is 5.56 Å². The maximum Gasteiger partial charge on any atom is 0.141 e. The van der Waals surface area contributed by atoms with Gasteiger partial charge in [0.1, 0.15) is 5.84 Å². The number of oxime groups is 1. The van der Waals surface area contributed by atoms with E-state index in [-0.39, 0.29) is 24.5 Å². The van der Waals surface area contributed by atoms with Crippen molar-refractivity contribution in [2.45, 2.75) is 18.5 Å². The molecule has 0 aliphatic carbocycles. The largest absolute Gasteiger partial charge is 0.409 e. The summed E-state index contributed by atoms with van der Waals surface area (Å²) in [6.45, 7) is 0.337. The molecule has 0 spiro atoms. The van der Waals surface area contributed by atoms with Gasteiger partial charge in [-0.3, -0.25) is 0 Å². The number of nitrogens with two attached hydrogens (primary N) is 1. The molecule has 0 radical (unpaired) electrons. The monoisotopic (exact) mass is 267 g/mol. The quantitative estimate of drug-likeness (QED) is 0.237. The maximum atomic E-state index is 9.29. The van der Waals surface area contributed by atoms with E-state index in [9.17, 15) is 5.11 Å². The fourth-order valence-corrected chi connectivity index (χ4v) is 1.85. The lowest BCUT2D eigenvalue weighted by molar-refractivity contribution is 0.122. The first kappa shape index (κ1) is 15.4. The normalized spacial score (nSPS) is 15.2. The standard InChI is InChI=1S/C13H21N3O3/c1-19-9-11(8-17)15-12(7-13(14)16-18)10-5-3-2-4-6-10/h2-6,11-12,15,17-18H,7-9H2,1H3,(H2,14,16). The Labute approximate surface area is 112 Å². The lowest BCUT2D eigenvalue weighted by Gasteiger charge is -2.24. The summed E-state index contributed by atoms with van der Waals surface area (Å²) in [5, 5.41) is 24.2. The third-order valence-corrected chi connectivity index (χ3v) is 2.77. The highest BCUT2D eigenvalue weighted by Gasteiger charge is 2.18. The molecule has 1 aromatic rings. The Morgan fingerprint density at radius 3 is 2.63 bits per heavy atom. The summed E-state index contributed by atoms with van der Waals surface area (Å²) >= 11 is 0. The number of nitrogens with one attached hydrogen (secondary N) is 1. The molecule has 2 unspecified atom stereocenters. The van der Waals surface area contributed by atoms with Crippen LogP contribution in [0.3, 0.4) is 0 Å². The molecule has 0 fully saturated rings. The average Bonchev–Trinajstić information content (AvgIpc) is 2.46. The zero-order valence-corrected chi connectivity index (χ0v) is 11.0.